The largest absolute Gasteiger partial charge is 0.455 e. The molecule has 0 radical (unpaired) electrons. The van der Waals surface area contributed by atoms with Crippen LogP contribution in [0.2, 0.25) is 0 Å². The number of benzene rings is 2. The second kappa shape index (κ2) is 5.49. The maximum absolute atomic E-state index is 11.3. The minimum atomic E-state index is -3.81. The van der Waals surface area contributed by atoms with Crippen LogP contribution >= 0.6 is 0 Å². The fourth-order valence-electron chi connectivity index (χ4n) is 1.57. The van der Waals surface area contributed by atoms with E-state index < -0.39 is 10.0 Å². The molecule has 0 amide bonds. The summed E-state index contributed by atoms with van der Waals surface area (Å²) in [5.41, 5.74) is 6.77. The van der Waals surface area contributed by atoms with Crippen molar-refractivity contribution in [2.24, 2.45) is 5.14 Å². The number of nitrogens with two attached hydrogens (primary N) is 2. The predicted octanol–water partition coefficient (Wildman–Crippen LogP) is 1.20. The lowest BCUT2D eigenvalue weighted by Crippen LogP contribution is -2.12. The first-order chi connectivity index (χ1) is 9.40. The third kappa shape index (κ3) is 3.27. The van der Waals surface area contributed by atoms with E-state index in [2.05, 4.69) is 0 Å². The number of aliphatic hydroxyl groups excluding tert-OH is 1. The summed E-state index contributed by atoms with van der Waals surface area (Å²) in [6, 6.07) is 10.7. The molecule has 0 bridgehead atoms. The molecule has 0 aliphatic heterocycles. The molecule has 2 rings (SSSR count). The fraction of sp³-hybridized carbons (Fsp3) is 0.0769. The zero-order valence-electron chi connectivity index (χ0n) is 10.5. The first-order valence-electron chi connectivity index (χ1n) is 5.70. The van der Waals surface area contributed by atoms with E-state index in [1.54, 1.807) is 24.3 Å². The summed E-state index contributed by atoms with van der Waals surface area (Å²) < 4.78 is 28.1. The van der Waals surface area contributed by atoms with Crippen LogP contribution < -0.4 is 15.6 Å². The van der Waals surface area contributed by atoms with E-state index in [4.69, 9.17) is 20.7 Å². The van der Waals surface area contributed by atoms with Crippen LogP contribution in [0.3, 0.4) is 0 Å². The monoisotopic (exact) mass is 294 g/mol. The highest BCUT2D eigenvalue weighted by Crippen LogP contribution is 2.29. The van der Waals surface area contributed by atoms with Gasteiger partial charge in [0.2, 0.25) is 10.0 Å². The lowest BCUT2D eigenvalue weighted by molar-refractivity contribution is 0.281. The smallest absolute Gasteiger partial charge is 0.238 e. The van der Waals surface area contributed by atoms with Crippen LogP contribution in [0.4, 0.5) is 5.69 Å². The lowest BCUT2D eigenvalue weighted by atomic mass is 10.2. The third-order valence-electron chi connectivity index (χ3n) is 2.65. The first-order valence-corrected chi connectivity index (χ1v) is 7.25. The van der Waals surface area contributed by atoms with Gasteiger partial charge in [-0.1, -0.05) is 12.1 Å². The van der Waals surface area contributed by atoms with Gasteiger partial charge in [0, 0.05) is 6.07 Å². The molecular weight excluding hydrogens is 280 g/mol. The number of rotatable bonds is 4. The van der Waals surface area contributed by atoms with Crippen molar-refractivity contribution in [3.63, 3.8) is 0 Å². The van der Waals surface area contributed by atoms with Crippen LogP contribution in [0.1, 0.15) is 5.56 Å². The molecule has 5 N–H and O–H groups in total. The summed E-state index contributed by atoms with van der Waals surface area (Å²) in [6.45, 7) is -0.0661. The maximum atomic E-state index is 11.3. The van der Waals surface area contributed by atoms with Crippen LogP contribution in [-0.4, -0.2) is 13.5 Å². The minimum absolute atomic E-state index is 0.0661. The van der Waals surface area contributed by atoms with Gasteiger partial charge in [-0.3, -0.25) is 0 Å². The van der Waals surface area contributed by atoms with Gasteiger partial charge < -0.3 is 15.6 Å². The molecule has 7 heteroatoms. The van der Waals surface area contributed by atoms with Gasteiger partial charge in [0.05, 0.1) is 17.2 Å². The Morgan fingerprint density at radius 1 is 1.10 bits per heavy atom. The molecule has 6 nitrogen and oxygen atoms in total. The average molecular weight is 294 g/mol. The van der Waals surface area contributed by atoms with Gasteiger partial charge in [0.1, 0.15) is 5.75 Å². The highest BCUT2D eigenvalue weighted by Gasteiger charge is 2.11. The minimum Gasteiger partial charge on any atom is -0.455 e. The average Bonchev–Trinajstić information content (AvgIpc) is 2.41. The molecular formula is C13H14N2O4S. The standard InChI is InChI=1S/C13H14N2O4S/c14-12-6-5-11(20(15,17)18)7-13(12)19-10-3-1-9(8-16)2-4-10/h1-7,16H,8,14H2,(H2,15,17,18). The normalized spacial score (nSPS) is 11.3. The highest BCUT2D eigenvalue weighted by molar-refractivity contribution is 7.89. The lowest BCUT2D eigenvalue weighted by Gasteiger charge is -2.10. The molecule has 0 saturated heterocycles. The zero-order chi connectivity index (χ0) is 14.8. The van der Waals surface area contributed by atoms with Gasteiger partial charge in [-0.15, -0.1) is 0 Å². The van der Waals surface area contributed by atoms with Crippen LogP contribution in [0, 0.1) is 0 Å². The molecule has 0 aliphatic carbocycles. The Hall–Kier alpha value is -2.09. The summed E-state index contributed by atoms with van der Waals surface area (Å²) in [5, 5.41) is 14.0. The summed E-state index contributed by atoms with van der Waals surface area (Å²) in [6.07, 6.45) is 0. The molecule has 0 heterocycles. The van der Waals surface area contributed by atoms with Crippen LogP contribution in [0.15, 0.2) is 47.4 Å². The SMILES string of the molecule is Nc1ccc(S(N)(=O)=O)cc1Oc1ccc(CO)cc1. The number of nitrogen functional groups attached to an aromatic ring is 1. The highest BCUT2D eigenvalue weighted by atomic mass is 32.2. The van der Waals surface area contributed by atoms with E-state index in [0.29, 0.717) is 11.4 Å². The summed E-state index contributed by atoms with van der Waals surface area (Å²) in [4.78, 5) is -0.0753. The molecule has 0 spiro atoms. The zero-order valence-corrected chi connectivity index (χ0v) is 11.3. The van der Waals surface area contributed by atoms with Gasteiger partial charge in [0.25, 0.3) is 0 Å². The Balaban J connectivity index is 2.32. The van der Waals surface area contributed by atoms with Crippen LogP contribution in [0.25, 0.3) is 0 Å². The summed E-state index contributed by atoms with van der Waals surface area (Å²) in [7, 11) is -3.81. The molecule has 0 aliphatic rings. The first kappa shape index (κ1) is 14.3. The van der Waals surface area contributed by atoms with Gasteiger partial charge >= 0.3 is 0 Å². The molecule has 20 heavy (non-hydrogen) atoms. The number of primary sulfonamides is 1. The van der Waals surface area contributed by atoms with Crippen LogP contribution in [-0.2, 0) is 16.6 Å². The summed E-state index contributed by atoms with van der Waals surface area (Å²) in [5.74, 6) is 0.675. The van der Waals surface area contributed by atoms with E-state index in [1.165, 1.54) is 18.2 Å². The molecule has 0 fully saturated rings. The Morgan fingerprint density at radius 3 is 2.30 bits per heavy atom. The van der Waals surface area contributed by atoms with Crippen molar-refractivity contribution in [3.05, 3.63) is 48.0 Å². The Bertz CT molecular complexity index is 712. The molecule has 2 aromatic carbocycles. The van der Waals surface area contributed by atoms with E-state index in [0.717, 1.165) is 5.56 Å². The summed E-state index contributed by atoms with van der Waals surface area (Å²) >= 11 is 0. The predicted molar refractivity (Wildman–Crippen MR) is 74.7 cm³/mol. The van der Waals surface area contributed by atoms with Crippen molar-refractivity contribution in [3.8, 4) is 11.5 Å². The second-order valence-electron chi connectivity index (χ2n) is 4.15. The van der Waals surface area contributed by atoms with E-state index >= 15 is 0 Å². The molecule has 106 valence electrons. The fourth-order valence-corrected chi connectivity index (χ4v) is 2.10. The number of ether oxygens (including phenoxy) is 1. The van der Waals surface area contributed by atoms with Crippen molar-refractivity contribution >= 4 is 15.7 Å². The molecule has 0 atom stereocenters. The van der Waals surface area contributed by atoms with E-state index in [9.17, 15) is 8.42 Å². The van der Waals surface area contributed by atoms with E-state index in [-0.39, 0.29) is 17.3 Å². The van der Waals surface area contributed by atoms with E-state index in [1.807, 2.05) is 0 Å². The molecule has 0 aromatic heterocycles. The third-order valence-corrected chi connectivity index (χ3v) is 3.56. The molecule has 0 unspecified atom stereocenters. The maximum Gasteiger partial charge on any atom is 0.238 e. The number of hydrogen-bond acceptors (Lipinski definition) is 5. The van der Waals surface area contributed by atoms with Crippen molar-refractivity contribution in [1.82, 2.24) is 0 Å². The van der Waals surface area contributed by atoms with Crippen molar-refractivity contribution in [2.45, 2.75) is 11.5 Å². The number of aliphatic hydroxyl groups is 1. The Morgan fingerprint density at radius 2 is 1.75 bits per heavy atom. The molecule has 0 saturated carbocycles. The van der Waals surface area contributed by atoms with Crippen molar-refractivity contribution < 1.29 is 18.3 Å². The number of hydrogen-bond donors (Lipinski definition) is 3. The Labute approximate surface area is 116 Å². The van der Waals surface area contributed by atoms with Gasteiger partial charge in [-0.05, 0) is 29.8 Å². The number of sulfonamides is 1. The van der Waals surface area contributed by atoms with Gasteiger partial charge in [-0.2, -0.15) is 0 Å². The van der Waals surface area contributed by atoms with Crippen molar-refractivity contribution in [1.29, 1.82) is 0 Å². The van der Waals surface area contributed by atoms with Crippen molar-refractivity contribution in [2.75, 3.05) is 5.73 Å². The quantitative estimate of drug-likeness (QED) is 0.733. The van der Waals surface area contributed by atoms with Crippen LogP contribution in [0.5, 0.6) is 11.5 Å². The Kier molecular flexibility index (Phi) is 3.93. The van der Waals surface area contributed by atoms with Gasteiger partial charge in [0.15, 0.2) is 5.75 Å². The van der Waals surface area contributed by atoms with Gasteiger partial charge in [-0.25, -0.2) is 13.6 Å². The topological polar surface area (TPSA) is 116 Å². The molecule has 2 aromatic rings. The second-order valence-corrected chi connectivity index (χ2v) is 5.71. The number of anilines is 1.